The molecule has 110 valence electrons. The SMILES string of the molecule is CCN(CCCO)CC(=O)N1CCCc2ccccc21. The van der Waals surface area contributed by atoms with E-state index < -0.39 is 0 Å². The summed E-state index contributed by atoms with van der Waals surface area (Å²) < 4.78 is 0. The lowest BCUT2D eigenvalue weighted by molar-refractivity contribution is -0.119. The number of hydrogen-bond acceptors (Lipinski definition) is 3. The Morgan fingerprint density at radius 3 is 2.95 bits per heavy atom. The van der Waals surface area contributed by atoms with Crippen LogP contribution in [0.2, 0.25) is 0 Å². The second kappa shape index (κ2) is 7.41. The van der Waals surface area contributed by atoms with Gasteiger partial charge in [0.1, 0.15) is 0 Å². The fourth-order valence-electron chi connectivity index (χ4n) is 2.71. The number of aliphatic hydroxyl groups is 1. The minimum Gasteiger partial charge on any atom is -0.396 e. The smallest absolute Gasteiger partial charge is 0.241 e. The van der Waals surface area contributed by atoms with Gasteiger partial charge in [0.15, 0.2) is 0 Å². The summed E-state index contributed by atoms with van der Waals surface area (Å²) in [6, 6.07) is 8.18. The molecule has 0 bridgehead atoms. The van der Waals surface area contributed by atoms with E-state index in [1.54, 1.807) is 0 Å². The lowest BCUT2D eigenvalue weighted by Gasteiger charge is -2.31. The molecule has 0 unspecified atom stereocenters. The van der Waals surface area contributed by atoms with Gasteiger partial charge in [-0.15, -0.1) is 0 Å². The molecule has 4 heteroatoms. The molecule has 0 saturated carbocycles. The number of carbonyl (C=O) groups excluding carboxylic acids is 1. The number of benzene rings is 1. The molecular weight excluding hydrogens is 252 g/mol. The van der Waals surface area contributed by atoms with Crippen LogP contribution in [0, 0.1) is 0 Å². The monoisotopic (exact) mass is 276 g/mol. The molecule has 0 radical (unpaired) electrons. The van der Waals surface area contributed by atoms with Gasteiger partial charge in [-0.2, -0.15) is 0 Å². The number of anilines is 1. The quantitative estimate of drug-likeness (QED) is 0.859. The molecule has 2 rings (SSSR count). The minimum absolute atomic E-state index is 0.164. The normalized spacial score (nSPS) is 14.4. The second-order valence-electron chi connectivity index (χ2n) is 5.22. The summed E-state index contributed by atoms with van der Waals surface area (Å²) in [5.74, 6) is 0.164. The van der Waals surface area contributed by atoms with E-state index in [-0.39, 0.29) is 12.5 Å². The average Bonchev–Trinajstić information content (AvgIpc) is 2.50. The molecule has 0 aliphatic carbocycles. The van der Waals surface area contributed by atoms with Gasteiger partial charge in [0.25, 0.3) is 0 Å². The van der Waals surface area contributed by atoms with Crippen molar-refractivity contribution in [2.75, 3.05) is 37.7 Å². The minimum atomic E-state index is 0.164. The van der Waals surface area contributed by atoms with E-state index in [4.69, 9.17) is 5.11 Å². The molecule has 0 fully saturated rings. The number of rotatable bonds is 6. The van der Waals surface area contributed by atoms with Crippen LogP contribution in [-0.2, 0) is 11.2 Å². The van der Waals surface area contributed by atoms with Crippen molar-refractivity contribution in [2.24, 2.45) is 0 Å². The fourth-order valence-corrected chi connectivity index (χ4v) is 2.71. The zero-order valence-corrected chi connectivity index (χ0v) is 12.2. The van der Waals surface area contributed by atoms with Gasteiger partial charge < -0.3 is 10.0 Å². The largest absolute Gasteiger partial charge is 0.396 e. The molecule has 1 aliphatic heterocycles. The standard InChI is InChI=1S/C16H24N2O2/c1-2-17(10-6-12-19)13-16(20)18-11-5-8-14-7-3-4-9-15(14)18/h3-4,7,9,19H,2,5-6,8,10-13H2,1H3. The number of amides is 1. The van der Waals surface area contributed by atoms with Gasteiger partial charge in [-0.05, 0) is 37.4 Å². The molecule has 1 N–H and O–H groups in total. The lowest BCUT2D eigenvalue weighted by atomic mass is 10.0. The molecular formula is C16H24N2O2. The lowest BCUT2D eigenvalue weighted by Crippen LogP contribution is -2.43. The summed E-state index contributed by atoms with van der Waals surface area (Å²) in [6.45, 7) is 5.08. The number of para-hydroxylation sites is 1. The summed E-state index contributed by atoms with van der Waals surface area (Å²) in [5.41, 5.74) is 2.34. The van der Waals surface area contributed by atoms with E-state index in [0.717, 1.165) is 44.6 Å². The molecule has 20 heavy (non-hydrogen) atoms. The van der Waals surface area contributed by atoms with Crippen LogP contribution in [0.1, 0.15) is 25.3 Å². The molecule has 0 aromatic heterocycles. The molecule has 4 nitrogen and oxygen atoms in total. The molecule has 1 amide bonds. The van der Waals surface area contributed by atoms with E-state index in [1.807, 2.05) is 23.1 Å². The van der Waals surface area contributed by atoms with Crippen molar-refractivity contribution in [1.82, 2.24) is 4.90 Å². The first kappa shape index (κ1) is 15.0. The Balaban J connectivity index is 2.03. The third kappa shape index (κ3) is 3.58. The highest BCUT2D eigenvalue weighted by molar-refractivity contribution is 5.95. The number of carbonyl (C=O) groups is 1. The third-order valence-corrected chi connectivity index (χ3v) is 3.85. The third-order valence-electron chi connectivity index (χ3n) is 3.85. The molecule has 1 heterocycles. The second-order valence-corrected chi connectivity index (χ2v) is 5.22. The Morgan fingerprint density at radius 2 is 2.20 bits per heavy atom. The first-order valence-electron chi connectivity index (χ1n) is 7.47. The van der Waals surface area contributed by atoms with E-state index >= 15 is 0 Å². The van der Waals surface area contributed by atoms with Gasteiger partial charge in [0.05, 0.1) is 6.54 Å². The Hall–Kier alpha value is -1.39. The highest BCUT2D eigenvalue weighted by atomic mass is 16.3. The predicted molar refractivity (Wildman–Crippen MR) is 80.9 cm³/mol. The van der Waals surface area contributed by atoms with Gasteiger partial charge in [-0.1, -0.05) is 25.1 Å². The van der Waals surface area contributed by atoms with E-state index in [1.165, 1.54) is 5.56 Å². The number of likely N-dealkylation sites (N-methyl/N-ethyl adjacent to an activating group) is 1. The van der Waals surface area contributed by atoms with Crippen LogP contribution in [0.5, 0.6) is 0 Å². The first-order valence-corrected chi connectivity index (χ1v) is 7.47. The molecule has 0 spiro atoms. The number of aliphatic hydroxyl groups excluding tert-OH is 1. The molecule has 0 atom stereocenters. The maximum absolute atomic E-state index is 12.5. The van der Waals surface area contributed by atoms with Crippen LogP contribution in [0.3, 0.4) is 0 Å². The highest BCUT2D eigenvalue weighted by Crippen LogP contribution is 2.26. The van der Waals surface area contributed by atoms with Gasteiger partial charge in [-0.3, -0.25) is 9.69 Å². The molecule has 1 aromatic rings. The van der Waals surface area contributed by atoms with Crippen molar-refractivity contribution in [3.05, 3.63) is 29.8 Å². The van der Waals surface area contributed by atoms with Crippen molar-refractivity contribution in [3.8, 4) is 0 Å². The van der Waals surface area contributed by atoms with Crippen LogP contribution in [0.4, 0.5) is 5.69 Å². The number of aryl methyl sites for hydroxylation is 1. The summed E-state index contributed by atoms with van der Waals surface area (Å²) in [5, 5.41) is 8.90. The highest BCUT2D eigenvalue weighted by Gasteiger charge is 2.23. The summed E-state index contributed by atoms with van der Waals surface area (Å²) >= 11 is 0. The van der Waals surface area contributed by atoms with Crippen LogP contribution in [0.25, 0.3) is 0 Å². The molecule has 1 aromatic carbocycles. The number of nitrogens with zero attached hydrogens (tertiary/aromatic N) is 2. The van der Waals surface area contributed by atoms with E-state index in [9.17, 15) is 4.79 Å². The van der Waals surface area contributed by atoms with Gasteiger partial charge in [-0.25, -0.2) is 0 Å². The summed E-state index contributed by atoms with van der Waals surface area (Å²) in [7, 11) is 0. The Bertz CT molecular complexity index is 448. The molecule has 1 aliphatic rings. The van der Waals surface area contributed by atoms with E-state index in [0.29, 0.717) is 6.54 Å². The Morgan fingerprint density at radius 1 is 1.40 bits per heavy atom. The fraction of sp³-hybridized carbons (Fsp3) is 0.562. The van der Waals surface area contributed by atoms with Gasteiger partial charge >= 0.3 is 0 Å². The van der Waals surface area contributed by atoms with E-state index in [2.05, 4.69) is 17.9 Å². The molecule has 0 saturated heterocycles. The van der Waals surface area contributed by atoms with Crippen molar-refractivity contribution in [2.45, 2.75) is 26.2 Å². The van der Waals surface area contributed by atoms with Gasteiger partial charge in [0, 0.05) is 25.4 Å². The van der Waals surface area contributed by atoms with Crippen molar-refractivity contribution < 1.29 is 9.90 Å². The zero-order valence-electron chi connectivity index (χ0n) is 12.2. The number of hydrogen-bond donors (Lipinski definition) is 1. The Kier molecular flexibility index (Phi) is 5.56. The maximum atomic E-state index is 12.5. The van der Waals surface area contributed by atoms with Gasteiger partial charge in [0.2, 0.25) is 5.91 Å². The Labute approximate surface area is 121 Å². The van der Waals surface area contributed by atoms with Crippen LogP contribution >= 0.6 is 0 Å². The van der Waals surface area contributed by atoms with Crippen LogP contribution in [-0.4, -0.2) is 48.7 Å². The van der Waals surface area contributed by atoms with Crippen LogP contribution < -0.4 is 4.90 Å². The van der Waals surface area contributed by atoms with Crippen molar-refractivity contribution in [1.29, 1.82) is 0 Å². The summed E-state index contributed by atoms with van der Waals surface area (Å²) in [6.07, 6.45) is 2.81. The van der Waals surface area contributed by atoms with Crippen molar-refractivity contribution in [3.63, 3.8) is 0 Å². The number of fused-ring (bicyclic) bond motifs is 1. The van der Waals surface area contributed by atoms with Crippen LogP contribution in [0.15, 0.2) is 24.3 Å². The van der Waals surface area contributed by atoms with Crippen molar-refractivity contribution >= 4 is 11.6 Å². The average molecular weight is 276 g/mol. The predicted octanol–water partition coefficient (Wildman–Crippen LogP) is 1.67. The topological polar surface area (TPSA) is 43.8 Å². The maximum Gasteiger partial charge on any atom is 0.241 e. The summed E-state index contributed by atoms with van der Waals surface area (Å²) in [4.78, 5) is 16.5. The zero-order chi connectivity index (χ0) is 14.4. The first-order chi connectivity index (χ1) is 9.76.